The van der Waals surface area contributed by atoms with E-state index in [1.54, 1.807) is 13.3 Å². The fraction of sp³-hybridized carbons (Fsp3) is 0.706. The van der Waals surface area contributed by atoms with Gasteiger partial charge in [0, 0.05) is 13.3 Å². The van der Waals surface area contributed by atoms with E-state index in [0.717, 1.165) is 30.6 Å². The summed E-state index contributed by atoms with van der Waals surface area (Å²) < 4.78 is 11.6. The summed E-state index contributed by atoms with van der Waals surface area (Å²) in [6, 6.07) is 1.86. The van der Waals surface area contributed by atoms with Crippen LogP contribution in [0.1, 0.15) is 63.5 Å². The molecule has 1 saturated carbocycles. The van der Waals surface area contributed by atoms with E-state index in [9.17, 15) is 0 Å². The van der Waals surface area contributed by atoms with Crippen LogP contribution < -0.4 is 10.5 Å². The third-order valence-corrected chi connectivity index (χ3v) is 4.49. The average Bonchev–Trinajstić information content (AvgIpc) is 2.79. The van der Waals surface area contributed by atoms with E-state index in [1.165, 1.54) is 25.7 Å². The maximum Gasteiger partial charge on any atom is 0.137 e. The Morgan fingerprint density at radius 2 is 1.95 bits per heavy atom. The molecule has 0 bridgehead atoms. The summed E-state index contributed by atoms with van der Waals surface area (Å²) >= 11 is 0. The summed E-state index contributed by atoms with van der Waals surface area (Å²) in [6.45, 7) is 2.80. The van der Waals surface area contributed by atoms with Crippen LogP contribution in [0, 0.1) is 0 Å². The summed E-state index contributed by atoms with van der Waals surface area (Å²) in [4.78, 5) is 4.28. The number of ether oxygens (including phenoxy) is 2. The van der Waals surface area contributed by atoms with Crippen molar-refractivity contribution in [3.8, 4) is 5.75 Å². The van der Waals surface area contributed by atoms with Crippen LogP contribution in [0.15, 0.2) is 18.5 Å². The molecule has 21 heavy (non-hydrogen) atoms. The van der Waals surface area contributed by atoms with Crippen molar-refractivity contribution in [3.63, 3.8) is 0 Å². The van der Waals surface area contributed by atoms with Gasteiger partial charge in [-0.3, -0.25) is 4.98 Å². The average molecular weight is 292 g/mol. The molecule has 4 nitrogen and oxygen atoms in total. The second-order valence-electron chi connectivity index (χ2n) is 5.96. The number of rotatable bonds is 6. The maximum atomic E-state index is 6.56. The first kappa shape index (κ1) is 16.2. The molecule has 0 aromatic carbocycles. The van der Waals surface area contributed by atoms with Crippen LogP contribution >= 0.6 is 0 Å². The van der Waals surface area contributed by atoms with Crippen molar-refractivity contribution in [2.45, 2.75) is 63.5 Å². The van der Waals surface area contributed by atoms with Gasteiger partial charge in [0.1, 0.15) is 5.75 Å². The Balaban J connectivity index is 2.18. The van der Waals surface area contributed by atoms with Crippen LogP contribution in [0.25, 0.3) is 0 Å². The third-order valence-electron chi connectivity index (χ3n) is 4.49. The zero-order valence-electron chi connectivity index (χ0n) is 13.3. The molecule has 0 saturated heterocycles. The maximum absolute atomic E-state index is 6.56. The van der Waals surface area contributed by atoms with Gasteiger partial charge in [-0.05, 0) is 30.9 Å². The number of hydrogen-bond donors (Lipinski definition) is 1. The second-order valence-corrected chi connectivity index (χ2v) is 5.96. The predicted octanol–water partition coefficient (Wildman–Crippen LogP) is 3.61. The lowest BCUT2D eigenvalue weighted by Crippen LogP contribution is -2.42. The van der Waals surface area contributed by atoms with Crippen molar-refractivity contribution in [3.05, 3.63) is 24.0 Å². The predicted molar refractivity (Wildman–Crippen MR) is 84.4 cm³/mol. The molecule has 1 aliphatic carbocycles. The van der Waals surface area contributed by atoms with Crippen molar-refractivity contribution in [1.29, 1.82) is 0 Å². The highest BCUT2D eigenvalue weighted by atomic mass is 16.5. The molecule has 0 spiro atoms. The van der Waals surface area contributed by atoms with Gasteiger partial charge in [0.15, 0.2) is 0 Å². The zero-order valence-corrected chi connectivity index (χ0v) is 13.3. The lowest BCUT2D eigenvalue weighted by Gasteiger charge is -2.37. The molecule has 1 aliphatic rings. The number of pyridine rings is 1. The molecule has 4 heteroatoms. The molecule has 2 rings (SSSR count). The van der Waals surface area contributed by atoms with Crippen LogP contribution in [0.2, 0.25) is 0 Å². The molecule has 118 valence electrons. The fourth-order valence-electron chi connectivity index (χ4n) is 3.18. The zero-order chi connectivity index (χ0) is 15.1. The van der Waals surface area contributed by atoms with Gasteiger partial charge in [-0.15, -0.1) is 0 Å². The highest BCUT2D eigenvalue weighted by molar-refractivity contribution is 5.28. The van der Waals surface area contributed by atoms with Crippen molar-refractivity contribution >= 4 is 0 Å². The molecule has 1 aromatic rings. The van der Waals surface area contributed by atoms with Crippen LogP contribution in [0.3, 0.4) is 0 Å². The van der Waals surface area contributed by atoms with Gasteiger partial charge in [0.2, 0.25) is 0 Å². The first-order valence-corrected chi connectivity index (χ1v) is 8.10. The highest BCUT2D eigenvalue weighted by Crippen LogP contribution is 2.39. The first-order chi connectivity index (χ1) is 10.2. The summed E-state index contributed by atoms with van der Waals surface area (Å²) in [5.74, 6) is 0.796. The molecule has 1 fully saturated rings. The van der Waals surface area contributed by atoms with Crippen molar-refractivity contribution in [1.82, 2.24) is 4.98 Å². The molecule has 0 radical (unpaired) electrons. The highest BCUT2D eigenvalue weighted by Gasteiger charge is 2.38. The van der Waals surface area contributed by atoms with Crippen LogP contribution in [0.5, 0.6) is 5.75 Å². The van der Waals surface area contributed by atoms with Gasteiger partial charge in [-0.2, -0.15) is 0 Å². The lowest BCUT2D eigenvalue weighted by molar-refractivity contribution is -0.0443. The SMILES string of the molecule is CCCOc1cncc(C(N)C2(OC)CCCCCC2)c1. The Labute approximate surface area is 128 Å². The van der Waals surface area contributed by atoms with Crippen molar-refractivity contribution < 1.29 is 9.47 Å². The molecule has 2 N–H and O–H groups in total. The Kier molecular flexibility index (Phi) is 6.00. The Bertz CT molecular complexity index is 429. The number of nitrogens with two attached hydrogens (primary N) is 1. The van der Waals surface area contributed by atoms with E-state index >= 15 is 0 Å². The van der Waals surface area contributed by atoms with Crippen LogP contribution in [-0.4, -0.2) is 24.3 Å². The van der Waals surface area contributed by atoms with Crippen molar-refractivity contribution in [2.24, 2.45) is 5.73 Å². The largest absolute Gasteiger partial charge is 0.492 e. The second kappa shape index (κ2) is 7.76. The third kappa shape index (κ3) is 3.95. The van der Waals surface area contributed by atoms with E-state index in [0.29, 0.717) is 6.61 Å². The molecular formula is C17H28N2O2. The van der Waals surface area contributed by atoms with Gasteiger partial charge in [-0.1, -0.05) is 32.6 Å². The van der Waals surface area contributed by atoms with Crippen LogP contribution in [-0.2, 0) is 4.74 Å². The number of nitrogens with zero attached hydrogens (tertiary/aromatic N) is 1. The lowest BCUT2D eigenvalue weighted by atomic mass is 9.83. The Hall–Kier alpha value is -1.13. The molecule has 1 unspecified atom stereocenters. The minimum atomic E-state index is -0.262. The van der Waals surface area contributed by atoms with Gasteiger partial charge in [0.05, 0.1) is 24.4 Å². The van der Waals surface area contributed by atoms with Crippen molar-refractivity contribution in [2.75, 3.05) is 13.7 Å². The number of methoxy groups -OCH3 is 1. The smallest absolute Gasteiger partial charge is 0.137 e. The molecule has 1 aromatic heterocycles. The van der Waals surface area contributed by atoms with E-state index in [4.69, 9.17) is 15.2 Å². The van der Waals surface area contributed by atoms with E-state index in [2.05, 4.69) is 11.9 Å². The van der Waals surface area contributed by atoms with E-state index in [-0.39, 0.29) is 11.6 Å². The summed E-state index contributed by atoms with van der Waals surface area (Å²) in [5.41, 5.74) is 7.31. The number of aromatic nitrogens is 1. The van der Waals surface area contributed by atoms with Gasteiger partial charge in [-0.25, -0.2) is 0 Å². The minimum Gasteiger partial charge on any atom is -0.492 e. The van der Waals surface area contributed by atoms with E-state index in [1.807, 2.05) is 12.3 Å². The van der Waals surface area contributed by atoms with E-state index < -0.39 is 0 Å². The normalized spacial score (nSPS) is 19.8. The molecule has 1 atom stereocenters. The monoisotopic (exact) mass is 292 g/mol. The summed E-state index contributed by atoms with van der Waals surface area (Å²) in [5, 5.41) is 0. The van der Waals surface area contributed by atoms with Gasteiger partial charge in [0.25, 0.3) is 0 Å². The first-order valence-electron chi connectivity index (χ1n) is 8.10. The molecule has 1 heterocycles. The molecule has 0 amide bonds. The summed E-state index contributed by atoms with van der Waals surface area (Å²) in [7, 11) is 1.79. The number of hydrogen-bond acceptors (Lipinski definition) is 4. The molecule has 0 aliphatic heterocycles. The van der Waals surface area contributed by atoms with Gasteiger partial charge < -0.3 is 15.2 Å². The minimum absolute atomic E-state index is 0.154. The van der Waals surface area contributed by atoms with Crippen LogP contribution in [0.4, 0.5) is 0 Å². The summed E-state index contributed by atoms with van der Waals surface area (Å²) in [6.07, 6.45) is 11.5. The quantitative estimate of drug-likeness (QED) is 0.814. The topological polar surface area (TPSA) is 57.4 Å². The standard InChI is InChI=1S/C17H28N2O2/c1-3-10-21-15-11-14(12-19-13-15)16(18)17(20-2)8-6-4-5-7-9-17/h11-13,16H,3-10,18H2,1-2H3. The fourth-order valence-corrected chi connectivity index (χ4v) is 3.18. The molecular weight excluding hydrogens is 264 g/mol. The Morgan fingerprint density at radius 1 is 1.24 bits per heavy atom. The Morgan fingerprint density at radius 3 is 2.57 bits per heavy atom. The van der Waals surface area contributed by atoms with Gasteiger partial charge >= 0.3 is 0 Å².